The summed E-state index contributed by atoms with van der Waals surface area (Å²) >= 11 is 0. The molecule has 2 rings (SSSR count). The minimum Gasteiger partial charge on any atom is -0.342 e. The number of hydrogen-bond donors (Lipinski definition) is 1. The zero-order valence-electron chi connectivity index (χ0n) is 8.04. The van der Waals surface area contributed by atoms with Crippen molar-refractivity contribution in [1.29, 1.82) is 0 Å². The van der Waals surface area contributed by atoms with Crippen molar-refractivity contribution in [2.24, 2.45) is 17.6 Å². The Kier molecular flexibility index (Phi) is 2.54. The second-order valence-electron chi connectivity index (χ2n) is 4.38. The highest BCUT2D eigenvalue weighted by Gasteiger charge is 2.30. The number of nitrogens with zero attached hydrogens (tertiary/aromatic N) is 1. The van der Waals surface area contributed by atoms with E-state index >= 15 is 0 Å². The first kappa shape index (κ1) is 9.00. The zero-order valence-corrected chi connectivity index (χ0v) is 8.04. The van der Waals surface area contributed by atoms with Gasteiger partial charge in [0.25, 0.3) is 0 Å². The molecule has 0 bridgehead atoms. The Morgan fingerprint density at radius 3 is 2.62 bits per heavy atom. The molecule has 74 valence electrons. The van der Waals surface area contributed by atoms with Crippen LogP contribution in [-0.4, -0.2) is 30.4 Å². The molecule has 3 heteroatoms. The van der Waals surface area contributed by atoms with Crippen molar-refractivity contribution in [3.8, 4) is 0 Å². The maximum absolute atomic E-state index is 11.6. The molecule has 1 heterocycles. The van der Waals surface area contributed by atoms with Gasteiger partial charge < -0.3 is 10.6 Å². The lowest BCUT2D eigenvalue weighted by Crippen LogP contribution is -2.29. The zero-order chi connectivity index (χ0) is 9.26. The summed E-state index contributed by atoms with van der Waals surface area (Å²) in [6.45, 7) is 2.57. The molecule has 3 nitrogen and oxygen atoms in total. The summed E-state index contributed by atoms with van der Waals surface area (Å²) in [6.07, 6.45) is 4.42. The highest BCUT2D eigenvalue weighted by molar-refractivity contribution is 5.77. The summed E-state index contributed by atoms with van der Waals surface area (Å²) in [5, 5.41) is 0. The van der Waals surface area contributed by atoms with Gasteiger partial charge in [-0.05, 0) is 37.6 Å². The normalized spacial score (nSPS) is 28.1. The van der Waals surface area contributed by atoms with Crippen molar-refractivity contribution in [2.75, 3.05) is 19.6 Å². The fourth-order valence-electron chi connectivity index (χ4n) is 1.95. The SMILES string of the molecule is NCC1CCN(C(=O)CC2CC2)C1. The summed E-state index contributed by atoms with van der Waals surface area (Å²) in [7, 11) is 0. The standard InChI is InChI=1S/C10H18N2O/c11-6-9-3-4-12(7-9)10(13)5-8-1-2-8/h8-9H,1-7,11H2. The third-order valence-corrected chi connectivity index (χ3v) is 3.13. The molecule has 2 fully saturated rings. The van der Waals surface area contributed by atoms with Crippen LogP contribution in [0.15, 0.2) is 0 Å². The van der Waals surface area contributed by atoms with Gasteiger partial charge in [-0.2, -0.15) is 0 Å². The second-order valence-corrected chi connectivity index (χ2v) is 4.38. The van der Waals surface area contributed by atoms with Crippen molar-refractivity contribution < 1.29 is 4.79 Å². The molecule has 1 atom stereocenters. The van der Waals surface area contributed by atoms with Crippen LogP contribution in [0, 0.1) is 11.8 Å². The van der Waals surface area contributed by atoms with E-state index in [0.29, 0.717) is 17.7 Å². The monoisotopic (exact) mass is 182 g/mol. The first-order chi connectivity index (χ1) is 6.29. The lowest BCUT2D eigenvalue weighted by molar-refractivity contribution is -0.130. The number of likely N-dealkylation sites (tertiary alicyclic amines) is 1. The van der Waals surface area contributed by atoms with Gasteiger partial charge in [0.15, 0.2) is 0 Å². The van der Waals surface area contributed by atoms with Crippen molar-refractivity contribution in [3.05, 3.63) is 0 Å². The highest BCUT2D eigenvalue weighted by atomic mass is 16.2. The van der Waals surface area contributed by atoms with Crippen LogP contribution in [0.4, 0.5) is 0 Å². The van der Waals surface area contributed by atoms with Gasteiger partial charge in [-0.15, -0.1) is 0 Å². The van der Waals surface area contributed by atoms with Crippen LogP contribution in [-0.2, 0) is 4.79 Å². The van der Waals surface area contributed by atoms with Crippen LogP contribution < -0.4 is 5.73 Å². The van der Waals surface area contributed by atoms with Crippen LogP contribution >= 0.6 is 0 Å². The van der Waals surface area contributed by atoms with Gasteiger partial charge in [0.1, 0.15) is 0 Å². The van der Waals surface area contributed by atoms with Gasteiger partial charge in [-0.3, -0.25) is 4.79 Å². The van der Waals surface area contributed by atoms with Crippen molar-refractivity contribution in [1.82, 2.24) is 4.90 Å². The minimum atomic E-state index is 0.360. The summed E-state index contributed by atoms with van der Waals surface area (Å²) in [5.41, 5.74) is 5.57. The second kappa shape index (κ2) is 3.66. The maximum Gasteiger partial charge on any atom is 0.222 e. The van der Waals surface area contributed by atoms with E-state index in [-0.39, 0.29) is 0 Å². The number of hydrogen-bond acceptors (Lipinski definition) is 2. The van der Waals surface area contributed by atoms with E-state index in [9.17, 15) is 4.79 Å². The highest BCUT2D eigenvalue weighted by Crippen LogP contribution is 2.33. The van der Waals surface area contributed by atoms with Gasteiger partial charge in [0.05, 0.1) is 0 Å². The number of carbonyl (C=O) groups is 1. The van der Waals surface area contributed by atoms with Gasteiger partial charge in [-0.1, -0.05) is 0 Å². The smallest absolute Gasteiger partial charge is 0.222 e. The maximum atomic E-state index is 11.6. The molecule has 2 aliphatic rings. The molecule has 1 saturated carbocycles. The predicted molar refractivity (Wildman–Crippen MR) is 51.1 cm³/mol. The van der Waals surface area contributed by atoms with E-state index < -0.39 is 0 Å². The molecule has 1 amide bonds. The fraction of sp³-hybridized carbons (Fsp3) is 0.900. The van der Waals surface area contributed by atoms with Crippen LogP contribution in [0.25, 0.3) is 0 Å². The first-order valence-electron chi connectivity index (χ1n) is 5.27. The lowest BCUT2D eigenvalue weighted by Gasteiger charge is -2.15. The molecule has 1 unspecified atom stereocenters. The fourth-order valence-corrected chi connectivity index (χ4v) is 1.95. The van der Waals surface area contributed by atoms with Gasteiger partial charge in [0.2, 0.25) is 5.91 Å². The quantitative estimate of drug-likeness (QED) is 0.694. The van der Waals surface area contributed by atoms with E-state index in [1.807, 2.05) is 4.90 Å². The minimum absolute atomic E-state index is 0.360. The van der Waals surface area contributed by atoms with Crippen molar-refractivity contribution in [2.45, 2.75) is 25.7 Å². The number of amides is 1. The number of nitrogens with two attached hydrogens (primary N) is 1. The Balaban J connectivity index is 1.77. The molecule has 1 aliphatic carbocycles. The molecule has 0 spiro atoms. The predicted octanol–water partition coefficient (Wildman–Crippen LogP) is 0.594. The van der Waals surface area contributed by atoms with E-state index in [1.165, 1.54) is 12.8 Å². The Labute approximate surface area is 79.3 Å². The van der Waals surface area contributed by atoms with E-state index in [0.717, 1.165) is 32.5 Å². The van der Waals surface area contributed by atoms with Crippen molar-refractivity contribution >= 4 is 5.91 Å². The molecule has 0 aromatic carbocycles. The van der Waals surface area contributed by atoms with Gasteiger partial charge >= 0.3 is 0 Å². The van der Waals surface area contributed by atoms with E-state index in [4.69, 9.17) is 5.73 Å². The molecule has 13 heavy (non-hydrogen) atoms. The average Bonchev–Trinajstić information content (AvgIpc) is 2.82. The van der Waals surface area contributed by atoms with Crippen LogP contribution in [0.5, 0.6) is 0 Å². The van der Waals surface area contributed by atoms with Gasteiger partial charge in [-0.25, -0.2) is 0 Å². The Morgan fingerprint density at radius 2 is 2.08 bits per heavy atom. The number of carbonyl (C=O) groups excluding carboxylic acids is 1. The summed E-state index contributed by atoms with van der Waals surface area (Å²) < 4.78 is 0. The Hall–Kier alpha value is -0.570. The number of rotatable bonds is 3. The van der Waals surface area contributed by atoms with E-state index in [1.54, 1.807) is 0 Å². The summed E-state index contributed by atoms with van der Waals surface area (Å²) in [4.78, 5) is 13.6. The van der Waals surface area contributed by atoms with Crippen LogP contribution in [0.3, 0.4) is 0 Å². The first-order valence-corrected chi connectivity index (χ1v) is 5.27. The van der Waals surface area contributed by atoms with E-state index in [2.05, 4.69) is 0 Å². The molecule has 2 N–H and O–H groups in total. The molecular weight excluding hydrogens is 164 g/mol. The summed E-state index contributed by atoms with van der Waals surface area (Å²) in [6, 6.07) is 0. The summed E-state index contributed by atoms with van der Waals surface area (Å²) in [5.74, 6) is 1.63. The molecule has 0 aromatic rings. The van der Waals surface area contributed by atoms with Gasteiger partial charge in [0, 0.05) is 19.5 Å². The lowest BCUT2D eigenvalue weighted by atomic mass is 10.1. The largest absolute Gasteiger partial charge is 0.342 e. The molecule has 0 aromatic heterocycles. The van der Waals surface area contributed by atoms with Crippen LogP contribution in [0.1, 0.15) is 25.7 Å². The van der Waals surface area contributed by atoms with Crippen LogP contribution in [0.2, 0.25) is 0 Å². The third-order valence-electron chi connectivity index (χ3n) is 3.13. The molecular formula is C10H18N2O. The Bertz CT molecular complexity index is 201. The van der Waals surface area contributed by atoms with Crippen molar-refractivity contribution in [3.63, 3.8) is 0 Å². The topological polar surface area (TPSA) is 46.3 Å². The Morgan fingerprint density at radius 1 is 1.31 bits per heavy atom. The average molecular weight is 182 g/mol. The molecule has 1 saturated heterocycles. The third kappa shape index (κ3) is 2.21. The molecule has 1 aliphatic heterocycles. The molecule has 0 radical (unpaired) electrons.